The van der Waals surface area contributed by atoms with E-state index in [-0.39, 0.29) is 6.61 Å². The highest BCUT2D eigenvalue weighted by Gasteiger charge is 2.35. The van der Waals surface area contributed by atoms with Gasteiger partial charge in [0.1, 0.15) is 5.75 Å². The summed E-state index contributed by atoms with van der Waals surface area (Å²) in [5.74, 6) is 0.181. The van der Waals surface area contributed by atoms with Gasteiger partial charge >= 0.3 is 12.0 Å². The summed E-state index contributed by atoms with van der Waals surface area (Å²) >= 11 is 0. The van der Waals surface area contributed by atoms with Gasteiger partial charge in [-0.15, -0.1) is 0 Å². The molecule has 0 bridgehead atoms. The molecule has 0 saturated carbocycles. The third kappa shape index (κ3) is 4.07. The Bertz CT molecular complexity index is 1180. The fraction of sp³-hybridized carbons (Fsp3) is 0.208. The number of allylic oxidation sites excluding steroid dienone is 1. The van der Waals surface area contributed by atoms with Crippen LogP contribution in [0.5, 0.6) is 5.75 Å². The molecule has 0 saturated heterocycles. The second kappa shape index (κ2) is 8.97. The fourth-order valence-electron chi connectivity index (χ4n) is 3.71. The van der Waals surface area contributed by atoms with Gasteiger partial charge in [-0.1, -0.05) is 30.3 Å². The van der Waals surface area contributed by atoms with Crippen molar-refractivity contribution in [3.05, 3.63) is 77.6 Å². The zero-order chi connectivity index (χ0) is 22.7. The molecule has 4 rings (SSSR count). The van der Waals surface area contributed by atoms with Crippen LogP contribution in [0, 0.1) is 0 Å². The largest absolute Gasteiger partial charge is 0.497 e. The maximum Gasteiger partial charge on any atom is 0.338 e. The molecular weight excluding hydrogens is 408 g/mol. The van der Waals surface area contributed by atoms with Gasteiger partial charge in [0.25, 0.3) is 0 Å². The van der Waals surface area contributed by atoms with Crippen LogP contribution in [-0.4, -0.2) is 35.5 Å². The normalized spacial score (nSPS) is 15.7. The molecule has 2 amide bonds. The molecular formula is C24H24N4O4. The van der Waals surface area contributed by atoms with Crippen molar-refractivity contribution in [1.82, 2.24) is 20.4 Å². The summed E-state index contributed by atoms with van der Waals surface area (Å²) in [4.78, 5) is 25.2. The maximum atomic E-state index is 12.8. The standard InChI is InChI=1S/C24H24N4O4/c1-4-32-23(29)20-15(2)25-24(30)26-22(20)19-14-28(17-10-6-5-7-11-17)27-21(19)16-9-8-12-18(13-16)31-3/h5-14,22H,4H2,1-3H3,(H2,25,26,30). The number of hydrogen-bond acceptors (Lipinski definition) is 5. The van der Waals surface area contributed by atoms with Crippen LogP contribution >= 0.6 is 0 Å². The molecule has 0 spiro atoms. The number of carbonyl (C=O) groups excluding carboxylic acids is 2. The molecule has 8 nitrogen and oxygen atoms in total. The van der Waals surface area contributed by atoms with Gasteiger partial charge in [-0.2, -0.15) is 5.10 Å². The highest BCUT2D eigenvalue weighted by atomic mass is 16.5. The second-order valence-electron chi connectivity index (χ2n) is 7.24. The Hall–Kier alpha value is -4.07. The number of aromatic nitrogens is 2. The minimum absolute atomic E-state index is 0.225. The second-order valence-corrected chi connectivity index (χ2v) is 7.24. The highest BCUT2D eigenvalue weighted by molar-refractivity contribution is 5.95. The summed E-state index contributed by atoms with van der Waals surface area (Å²) < 4.78 is 12.4. The van der Waals surface area contributed by atoms with Crippen molar-refractivity contribution >= 4 is 12.0 Å². The van der Waals surface area contributed by atoms with E-state index in [2.05, 4.69) is 10.6 Å². The Morgan fingerprint density at radius 1 is 1.16 bits per heavy atom. The molecule has 1 aromatic heterocycles. The average Bonchev–Trinajstić information content (AvgIpc) is 3.25. The average molecular weight is 432 g/mol. The van der Waals surface area contributed by atoms with Crippen molar-refractivity contribution in [3.8, 4) is 22.7 Å². The number of urea groups is 1. The topological polar surface area (TPSA) is 94.5 Å². The number of carbonyl (C=O) groups is 2. The molecule has 164 valence electrons. The van der Waals surface area contributed by atoms with Crippen molar-refractivity contribution in [2.75, 3.05) is 13.7 Å². The van der Waals surface area contributed by atoms with E-state index < -0.39 is 18.0 Å². The number of ether oxygens (including phenoxy) is 2. The number of nitrogens with zero attached hydrogens (tertiary/aromatic N) is 2. The third-order valence-corrected chi connectivity index (χ3v) is 5.18. The predicted octanol–water partition coefficient (Wildman–Crippen LogP) is 3.74. The fourth-order valence-corrected chi connectivity index (χ4v) is 3.71. The first kappa shape index (κ1) is 21.2. The number of rotatable bonds is 6. The van der Waals surface area contributed by atoms with Gasteiger partial charge in [0.15, 0.2) is 0 Å². The number of methoxy groups -OCH3 is 1. The zero-order valence-electron chi connectivity index (χ0n) is 18.1. The van der Waals surface area contributed by atoms with Crippen LogP contribution in [0.25, 0.3) is 16.9 Å². The third-order valence-electron chi connectivity index (χ3n) is 5.18. The van der Waals surface area contributed by atoms with Crippen LogP contribution in [0.4, 0.5) is 4.79 Å². The Labute approximate surface area is 185 Å². The number of amides is 2. The number of hydrogen-bond donors (Lipinski definition) is 2. The molecule has 1 atom stereocenters. The maximum absolute atomic E-state index is 12.8. The smallest absolute Gasteiger partial charge is 0.338 e. The monoisotopic (exact) mass is 432 g/mol. The first-order valence-corrected chi connectivity index (χ1v) is 10.3. The van der Waals surface area contributed by atoms with Crippen LogP contribution < -0.4 is 15.4 Å². The lowest BCUT2D eigenvalue weighted by atomic mass is 9.93. The summed E-state index contributed by atoms with van der Waals surface area (Å²) in [6, 6.07) is 16.0. The van der Waals surface area contributed by atoms with E-state index in [1.807, 2.05) is 60.8 Å². The van der Waals surface area contributed by atoms with Crippen LogP contribution in [0.3, 0.4) is 0 Å². The molecule has 2 N–H and O–H groups in total. The van der Waals surface area contributed by atoms with Crippen molar-refractivity contribution in [2.45, 2.75) is 19.9 Å². The Kier molecular flexibility index (Phi) is 5.93. The number of nitrogens with one attached hydrogen (secondary N) is 2. The predicted molar refractivity (Wildman–Crippen MR) is 119 cm³/mol. The molecule has 1 unspecified atom stereocenters. The van der Waals surface area contributed by atoms with E-state index in [0.717, 1.165) is 11.3 Å². The summed E-state index contributed by atoms with van der Waals surface area (Å²) in [5.41, 5.74) is 3.71. The van der Waals surface area contributed by atoms with E-state index >= 15 is 0 Å². The Balaban J connectivity index is 1.91. The molecule has 32 heavy (non-hydrogen) atoms. The Morgan fingerprint density at radius 2 is 1.94 bits per heavy atom. The summed E-state index contributed by atoms with van der Waals surface area (Å²) in [6.45, 7) is 3.65. The molecule has 3 aromatic rings. The van der Waals surface area contributed by atoms with E-state index in [9.17, 15) is 9.59 Å². The lowest BCUT2D eigenvalue weighted by Gasteiger charge is -2.27. The number of benzene rings is 2. The summed E-state index contributed by atoms with van der Waals surface area (Å²) in [7, 11) is 1.60. The van der Waals surface area contributed by atoms with E-state index in [1.165, 1.54) is 0 Å². The van der Waals surface area contributed by atoms with Crippen LogP contribution in [0.15, 0.2) is 72.1 Å². The van der Waals surface area contributed by atoms with Crippen molar-refractivity contribution in [2.24, 2.45) is 0 Å². The van der Waals surface area contributed by atoms with Crippen LogP contribution in [-0.2, 0) is 9.53 Å². The first-order chi connectivity index (χ1) is 15.5. The van der Waals surface area contributed by atoms with Gasteiger partial charge in [0, 0.05) is 23.0 Å². The minimum Gasteiger partial charge on any atom is -0.497 e. The molecule has 0 aliphatic carbocycles. The summed E-state index contributed by atoms with van der Waals surface area (Å²) in [6.07, 6.45) is 1.83. The van der Waals surface area contributed by atoms with E-state index in [1.54, 1.807) is 25.6 Å². The van der Waals surface area contributed by atoms with Crippen LogP contribution in [0.2, 0.25) is 0 Å². The van der Waals surface area contributed by atoms with Crippen molar-refractivity contribution in [3.63, 3.8) is 0 Å². The quantitative estimate of drug-likeness (QED) is 0.579. The first-order valence-electron chi connectivity index (χ1n) is 10.3. The molecule has 8 heteroatoms. The van der Waals surface area contributed by atoms with Gasteiger partial charge in [0.05, 0.1) is 36.7 Å². The number of para-hydroxylation sites is 1. The lowest BCUT2D eigenvalue weighted by Crippen LogP contribution is -2.45. The Morgan fingerprint density at radius 3 is 2.66 bits per heavy atom. The minimum atomic E-state index is -0.735. The van der Waals surface area contributed by atoms with E-state index in [4.69, 9.17) is 14.6 Å². The van der Waals surface area contributed by atoms with Gasteiger partial charge in [-0.3, -0.25) is 0 Å². The molecule has 2 heterocycles. The van der Waals surface area contributed by atoms with Gasteiger partial charge in [-0.25, -0.2) is 14.3 Å². The SMILES string of the molecule is CCOC(=O)C1=C(C)NC(=O)NC1c1cn(-c2ccccc2)nc1-c1cccc(OC)c1. The molecule has 2 aromatic carbocycles. The van der Waals surface area contributed by atoms with Crippen molar-refractivity contribution in [1.29, 1.82) is 0 Å². The summed E-state index contributed by atoms with van der Waals surface area (Å²) in [5, 5.41) is 10.3. The molecule has 0 radical (unpaired) electrons. The molecule has 1 aliphatic rings. The van der Waals surface area contributed by atoms with E-state index in [0.29, 0.717) is 28.3 Å². The highest BCUT2D eigenvalue weighted by Crippen LogP contribution is 2.35. The van der Waals surface area contributed by atoms with Gasteiger partial charge in [0.2, 0.25) is 0 Å². The number of esters is 1. The zero-order valence-corrected chi connectivity index (χ0v) is 18.1. The van der Waals surface area contributed by atoms with Gasteiger partial charge < -0.3 is 20.1 Å². The molecule has 0 fully saturated rings. The van der Waals surface area contributed by atoms with Gasteiger partial charge in [-0.05, 0) is 38.1 Å². The van der Waals surface area contributed by atoms with Crippen molar-refractivity contribution < 1.29 is 19.1 Å². The molecule has 1 aliphatic heterocycles. The lowest BCUT2D eigenvalue weighted by molar-refractivity contribution is -0.139. The van der Waals surface area contributed by atoms with Crippen LogP contribution in [0.1, 0.15) is 25.5 Å².